The quantitative estimate of drug-likeness (QED) is 0.608. The van der Waals surface area contributed by atoms with Crippen molar-refractivity contribution in [3.05, 3.63) is 0 Å². The van der Waals surface area contributed by atoms with Crippen LogP contribution in [0, 0.1) is 12.3 Å². The molecule has 0 saturated heterocycles. The predicted octanol–water partition coefficient (Wildman–Crippen LogP) is 0.0926. The molecular formula is C11H20N2O2. The summed E-state index contributed by atoms with van der Waals surface area (Å²) in [7, 11) is 1.65. The van der Waals surface area contributed by atoms with E-state index in [4.69, 9.17) is 11.2 Å². The lowest BCUT2D eigenvalue weighted by Gasteiger charge is -2.25. The minimum atomic E-state index is -0.0437. The van der Waals surface area contributed by atoms with Crippen molar-refractivity contribution < 1.29 is 9.53 Å². The van der Waals surface area contributed by atoms with E-state index in [0.717, 1.165) is 6.54 Å². The van der Waals surface area contributed by atoms with E-state index in [1.807, 2.05) is 18.7 Å². The van der Waals surface area contributed by atoms with Crippen molar-refractivity contribution in [2.24, 2.45) is 0 Å². The SMILES string of the molecule is C#CCNC(=O)CN(CCOC)C(C)C. The van der Waals surface area contributed by atoms with Gasteiger partial charge in [0.25, 0.3) is 0 Å². The van der Waals surface area contributed by atoms with Crippen LogP contribution < -0.4 is 5.32 Å². The average Bonchev–Trinajstić information content (AvgIpc) is 2.20. The lowest BCUT2D eigenvalue weighted by Crippen LogP contribution is -2.42. The molecule has 0 rings (SSSR count). The highest BCUT2D eigenvalue weighted by atomic mass is 16.5. The first-order valence-electron chi connectivity index (χ1n) is 5.05. The third-order valence-corrected chi connectivity index (χ3v) is 2.05. The first-order chi connectivity index (χ1) is 7.11. The number of terminal acetylenes is 1. The summed E-state index contributed by atoms with van der Waals surface area (Å²) in [6.07, 6.45) is 5.05. The number of nitrogens with zero attached hydrogens (tertiary/aromatic N) is 1. The summed E-state index contributed by atoms with van der Waals surface area (Å²) in [5, 5.41) is 2.64. The third-order valence-electron chi connectivity index (χ3n) is 2.05. The predicted molar refractivity (Wildman–Crippen MR) is 60.4 cm³/mol. The molecule has 0 atom stereocenters. The zero-order valence-electron chi connectivity index (χ0n) is 9.75. The van der Waals surface area contributed by atoms with Crippen LogP contribution in [0.5, 0.6) is 0 Å². The molecule has 1 N–H and O–H groups in total. The summed E-state index contributed by atoms with van der Waals surface area (Å²) in [6.45, 7) is 6.12. The molecule has 0 aliphatic heterocycles. The Hall–Kier alpha value is -1.05. The molecule has 0 fully saturated rings. The zero-order valence-corrected chi connectivity index (χ0v) is 9.75. The monoisotopic (exact) mass is 212 g/mol. The maximum Gasteiger partial charge on any atom is 0.234 e. The Kier molecular flexibility index (Phi) is 7.69. The van der Waals surface area contributed by atoms with E-state index in [9.17, 15) is 4.79 Å². The summed E-state index contributed by atoms with van der Waals surface area (Å²) in [5.41, 5.74) is 0. The maximum atomic E-state index is 11.4. The van der Waals surface area contributed by atoms with Crippen LogP contribution in [0.25, 0.3) is 0 Å². The van der Waals surface area contributed by atoms with E-state index in [1.54, 1.807) is 7.11 Å². The fourth-order valence-corrected chi connectivity index (χ4v) is 1.12. The normalized spacial score (nSPS) is 10.4. The van der Waals surface area contributed by atoms with E-state index in [2.05, 4.69) is 11.2 Å². The number of carbonyl (C=O) groups excluding carboxylic acids is 1. The van der Waals surface area contributed by atoms with Crippen molar-refractivity contribution in [2.75, 3.05) is 33.4 Å². The van der Waals surface area contributed by atoms with Crippen molar-refractivity contribution in [3.63, 3.8) is 0 Å². The van der Waals surface area contributed by atoms with Crippen molar-refractivity contribution in [2.45, 2.75) is 19.9 Å². The highest BCUT2D eigenvalue weighted by Crippen LogP contribution is 1.96. The Balaban J connectivity index is 3.94. The van der Waals surface area contributed by atoms with E-state index in [0.29, 0.717) is 19.2 Å². The molecule has 4 heteroatoms. The Morgan fingerprint density at radius 3 is 2.73 bits per heavy atom. The summed E-state index contributed by atoms with van der Waals surface area (Å²) >= 11 is 0. The second-order valence-corrected chi connectivity index (χ2v) is 3.54. The topological polar surface area (TPSA) is 41.6 Å². The Bertz CT molecular complexity index is 221. The fourth-order valence-electron chi connectivity index (χ4n) is 1.12. The zero-order chi connectivity index (χ0) is 11.7. The number of amides is 1. The molecule has 0 bridgehead atoms. The van der Waals surface area contributed by atoms with Gasteiger partial charge in [-0.2, -0.15) is 0 Å². The van der Waals surface area contributed by atoms with Crippen molar-refractivity contribution in [1.82, 2.24) is 10.2 Å². The number of ether oxygens (including phenoxy) is 1. The van der Waals surface area contributed by atoms with Gasteiger partial charge in [0.15, 0.2) is 0 Å². The highest BCUT2D eigenvalue weighted by molar-refractivity contribution is 5.78. The van der Waals surface area contributed by atoms with E-state index < -0.39 is 0 Å². The molecule has 86 valence electrons. The van der Waals surface area contributed by atoms with Crippen LogP contribution in [-0.2, 0) is 9.53 Å². The summed E-state index contributed by atoms with van der Waals surface area (Å²) < 4.78 is 4.98. The van der Waals surface area contributed by atoms with Crippen LogP contribution in [0.3, 0.4) is 0 Å². The van der Waals surface area contributed by atoms with Gasteiger partial charge in [-0.15, -0.1) is 6.42 Å². The fraction of sp³-hybridized carbons (Fsp3) is 0.727. The van der Waals surface area contributed by atoms with Crippen molar-refractivity contribution in [1.29, 1.82) is 0 Å². The van der Waals surface area contributed by atoms with Gasteiger partial charge in [0.05, 0.1) is 19.7 Å². The van der Waals surface area contributed by atoms with Crippen LogP contribution >= 0.6 is 0 Å². The van der Waals surface area contributed by atoms with Gasteiger partial charge in [0.1, 0.15) is 0 Å². The second kappa shape index (κ2) is 8.27. The average molecular weight is 212 g/mol. The van der Waals surface area contributed by atoms with Crippen molar-refractivity contribution in [3.8, 4) is 12.3 Å². The van der Waals surface area contributed by atoms with Gasteiger partial charge in [-0.25, -0.2) is 0 Å². The molecule has 0 heterocycles. The largest absolute Gasteiger partial charge is 0.383 e. The lowest BCUT2D eigenvalue weighted by molar-refractivity contribution is -0.122. The second-order valence-electron chi connectivity index (χ2n) is 3.54. The van der Waals surface area contributed by atoms with Gasteiger partial charge < -0.3 is 10.1 Å². The molecule has 0 aromatic rings. The van der Waals surface area contributed by atoms with Crippen LogP contribution in [-0.4, -0.2) is 50.2 Å². The Morgan fingerprint density at radius 1 is 1.60 bits per heavy atom. The number of methoxy groups -OCH3 is 1. The Labute approximate surface area is 92.0 Å². The molecule has 0 spiro atoms. The molecule has 0 aliphatic carbocycles. The van der Waals surface area contributed by atoms with Gasteiger partial charge in [-0.3, -0.25) is 9.69 Å². The van der Waals surface area contributed by atoms with Gasteiger partial charge in [-0.1, -0.05) is 5.92 Å². The van der Waals surface area contributed by atoms with Crippen LogP contribution in [0.1, 0.15) is 13.8 Å². The van der Waals surface area contributed by atoms with Crippen LogP contribution in [0.4, 0.5) is 0 Å². The molecule has 0 aromatic carbocycles. The van der Waals surface area contributed by atoms with Gasteiger partial charge in [-0.05, 0) is 13.8 Å². The molecule has 1 amide bonds. The molecular weight excluding hydrogens is 192 g/mol. The molecule has 4 nitrogen and oxygen atoms in total. The summed E-state index contributed by atoms with van der Waals surface area (Å²) in [5.74, 6) is 2.33. The van der Waals surface area contributed by atoms with Crippen molar-refractivity contribution >= 4 is 5.91 Å². The van der Waals surface area contributed by atoms with Gasteiger partial charge in [0.2, 0.25) is 5.91 Å². The first kappa shape index (κ1) is 13.9. The van der Waals surface area contributed by atoms with Crippen LogP contribution in [0.15, 0.2) is 0 Å². The number of rotatable bonds is 7. The smallest absolute Gasteiger partial charge is 0.234 e. The maximum absolute atomic E-state index is 11.4. The van der Waals surface area contributed by atoms with E-state index in [-0.39, 0.29) is 12.5 Å². The Morgan fingerprint density at radius 2 is 2.27 bits per heavy atom. The minimum Gasteiger partial charge on any atom is -0.383 e. The minimum absolute atomic E-state index is 0.0437. The van der Waals surface area contributed by atoms with Gasteiger partial charge >= 0.3 is 0 Å². The number of hydrogen-bond acceptors (Lipinski definition) is 3. The summed E-state index contributed by atoms with van der Waals surface area (Å²) in [6, 6.07) is 0.316. The number of carbonyl (C=O) groups is 1. The molecule has 0 aromatic heterocycles. The molecule has 15 heavy (non-hydrogen) atoms. The molecule has 0 radical (unpaired) electrons. The summed E-state index contributed by atoms with van der Waals surface area (Å²) in [4.78, 5) is 13.4. The van der Waals surface area contributed by atoms with Crippen LogP contribution in [0.2, 0.25) is 0 Å². The standard InChI is InChI=1S/C11H20N2O2/c1-5-6-12-11(14)9-13(10(2)3)7-8-15-4/h1,10H,6-9H2,2-4H3,(H,12,14). The number of nitrogens with one attached hydrogen (secondary N) is 1. The highest BCUT2D eigenvalue weighted by Gasteiger charge is 2.12. The lowest BCUT2D eigenvalue weighted by atomic mass is 10.3. The third kappa shape index (κ3) is 6.95. The first-order valence-corrected chi connectivity index (χ1v) is 5.05. The molecule has 0 unspecified atom stereocenters. The number of hydrogen-bond donors (Lipinski definition) is 1. The molecule has 0 aliphatic rings. The van der Waals surface area contributed by atoms with E-state index in [1.165, 1.54) is 0 Å². The van der Waals surface area contributed by atoms with Gasteiger partial charge in [0, 0.05) is 19.7 Å². The molecule has 0 saturated carbocycles. The van der Waals surface area contributed by atoms with E-state index >= 15 is 0 Å².